The lowest BCUT2D eigenvalue weighted by molar-refractivity contribution is 0.553. The molecule has 1 aromatic heterocycles. The van der Waals surface area contributed by atoms with Gasteiger partial charge in [-0.2, -0.15) is 15.4 Å². The number of aromatic amines is 1. The topological polar surface area (TPSA) is 53.6 Å². The Morgan fingerprint density at radius 1 is 1.06 bits per heavy atom. The molecule has 0 aromatic carbocycles. The monoisotopic (exact) mass is 238 g/mol. The van der Waals surface area contributed by atoms with E-state index in [2.05, 4.69) is 27.7 Å². The van der Waals surface area contributed by atoms with Gasteiger partial charge in [0.1, 0.15) is 0 Å². The van der Waals surface area contributed by atoms with E-state index in [9.17, 15) is 0 Å². The lowest BCUT2D eigenvalue weighted by Crippen LogP contribution is -2.14. The van der Waals surface area contributed by atoms with Gasteiger partial charge in [-0.1, -0.05) is 51.9 Å². The van der Waals surface area contributed by atoms with Crippen molar-refractivity contribution in [1.29, 1.82) is 0 Å². The summed E-state index contributed by atoms with van der Waals surface area (Å²) < 4.78 is 0. The van der Waals surface area contributed by atoms with Crippen molar-refractivity contribution in [3.05, 3.63) is 11.9 Å². The highest BCUT2D eigenvalue weighted by atomic mass is 15.3. The van der Waals surface area contributed by atoms with Gasteiger partial charge in [0, 0.05) is 6.54 Å². The van der Waals surface area contributed by atoms with Gasteiger partial charge >= 0.3 is 0 Å². The van der Waals surface area contributed by atoms with Gasteiger partial charge in [0.15, 0.2) is 0 Å². The minimum absolute atomic E-state index is 0.826. The van der Waals surface area contributed by atoms with Crippen molar-refractivity contribution in [2.75, 3.05) is 6.54 Å². The number of nitrogens with one attached hydrogen (secondary N) is 2. The number of aromatic nitrogens is 3. The maximum absolute atomic E-state index is 3.99. The average molecular weight is 238 g/mol. The Morgan fingerprint density at radius 2 is 1.76 bits per heavy atom. The summed E-state index contributed by atoms with van der Waals surface area (Å²) in [6.45, 7) is 4.18. The molecule has 0 saturated heterocycles. The van der Waals surface area contributed by atoms with E-state index in [0.29, 0.717) is 0 Å². The molecule has 1 rings (SSSR count). The Bertz CT molecular complexity index is 246. The summed E-state index contributed by atoms with van der Waals surface area (Å²) in [6, 6.07) is 0. The molecule has 2 N–H and O–H groups in total. The Balaban J connectivity index is 1.76. The van der Waals surface area contributed by atoms with Crippen molar-refractivity contribution in [2.24, 2.45) is 0 Å². The summed E-state index contributed by atoms with van der Waals surface area (Å²) in [5.74, 6) is 0. The highest BCUT2D eigenvalue weighted by Crippen LogP contribution is 2.07. The van der Waals surface area contributed by atoms with Gasteiger partial charge in [-0.3, -0.25) is 0 Å². The summed E-state index contributed by atoms with van der Waals surface area (Å²) in [5.41, 5.74) is 0.990. The van der Waals surface area contributed by atoms with E-state index in [1.807, 2.05) is 0 Å². The van der Waals surface area contributed by atoms with Crippen molar-refractivity contribution in [3.8, 4) is 0 Å². The van der Waals surface area contributed by atoms with E-state index in [1.54, 1.807) is 6.20 Å². The predicted molar refractivity (Wildman–Crippen MR) is 70.7 cm³/mol. The molecule has 1 heterocycles. The second-order valence-corrected chi connectivity index (χ2v) is 4.61. The Hall–Kier alpha value is -0.900. The van der Waals surface area contributed by atoms with E-state index in [0.717, 1.165) is 18.8 Å². The van der Waals surface area contributed by atoms with Crippen molar-refractivity contribution < 1.29 is 0 Å². The molecule has 0 atom stereocenters. The highest BCUT2D eigenvalue weighted by Gasteiger charge is 1.95. The molecule has 0 radical (unpaired) electrons. The molecule has 0 aliphatic carbocycles. The summed E-state index contributed by atoms with van der Waals surface area (Å²) in [6.07, 6.45) is 12.7. The van der Waals surface area contributed by atoms with Crippen LogP contribution in [0.5, 0.6) is 0 Å². The van der Waals surface area contributed by atoms with Crippen molar-refractivity contribution >= 4 is 0 Å². The number of hydrogen-bond acceptors (Lipinski definition) is 3. The van der Waals surface area contributed by atoms with E-state index in [4.69, 9.17) is 0 Å². The average Bonchev–Trinajstić information content (AvgIpc) is 2.85. The van der Waals surface area contributed by atoms with Crippen LogP contribution in [0.1, 0.15) is 64.0 Å². The Morgan fingerprint density at radius 3 is 2.41 bits per heavy atom. The molecule has 1 aromatic rings. The molecule has 4 heteroatoms. The third kappa shape index (κ3) is 7.91. The Labute approximate surface area is 105 Å². The lowest BCUT2D eigenvalue weighted by Gasteiger charge is -2.03. The fourth-order valence-electron chi connectivity index (χ4n) is 1.91. The van der Waals surface area contributed by atoms with Crippen LogP contribution >= 0.6 is 0 Å². The molecule has 0 aliphatic heterocycles. The summed E-state index contributed by atoms with van der Waals surface area (Å²) in [7, 11) is 0. The maximum atomic E-state index is 3.99. The van der Waals surface area contributed by atoms with E-state index in [-0.39, 0.29) is 0 Å². The van der Waals surface area contributed by atoms with E-state index >= 15 is 0 Å². The number of hydrogen-bond donors (Lipinski definition) is 2. The van der Waals surface area contributed by atoms with Crippen LogP contribution in [0.4, 0.5) is 0 Å². The molecule has 17 heavy (non-hydrogen) atoms. The van der Waals surface area contributed by atoms with Gasteiger partial charge in [0.25, 0.3) is 0 Å². The van der Waals surface area contributed by atoms with Crippen LogP contribution in [0.3, 0.4) is 0 Å². The quantitative estimate of drug-likeness (QED) is 0.583. The van der Waals surface area contributed by atoms with Crippen LogP contribution in [0.25, 0.3) is 0 Å². The first kappa shape index (κ1) is 14.2. The molecule has 0 unspecified atom stereocenters. The van der Waals surface area contributed by atoms with Crippen molar-refractivity contribution in [2.45, 2.75) is 64.8 Å². The zero-order valence-electron chi connectivity index (χ0n) is 11.0. The predicted octanol–water partition coefficient (Wildman–Crippen LogP) is 3.04. The van der Waals surface area contributed by atoms with E-state index in [1.165, 1.54) is 51.4 Å². The fraction of sp³-hybridized carbons (Fsp3) is 0.846. The maximum Gasteiger partial charge on any atom is 0.0962 e. The van der Waals surface area contributed by atoms with Gasteiger partial charge in [-0.15, -0.1) is 0 Å². The summed E-state index contributed by atoms with van der Waals surface area (Å²) in [4.78, 5) is 0. The first-order chi connectivity index (χ1) is 8.43. The van der Waals surface area contributed by atoms with Gasteiger partial charge < -0.3 is 5.32 Å². The molecule has 0 bridgehead atoms. The minimum Gasteiger partial charge on any atom is -0.311 e. The molecule has 98 valence electrons. The van der Waals surface area contributed by atoms with Crippen LogP contribution in [0.2, 0.25) is 0 Å². The number of unbranched alkanes of at least 4 members (excludes halogenated alkanes) is 7. The smallest absolute Gasteiger partial charge is 0.0962 e. The third-order valence-electron chi connectivity index (χ3n) is 2.98. The van der Waals surface area contributed by atoms with Gasteiger partial charge in [0.2, 0.25) is 0 Å². The number of nitrogens with zero attached hydrogens (tertiary/aromatic N) is 2. The lowest BCUT2D eigenvalue weighted by atomic mass is 10.1. The molecular formula is C13H26N4. The molecule has 0 fully saturated rings. The zero-order chi connectivity index (χ0) is 12.2. The first-order valence-corrected chi connectivity index (χ1v) is 6.99. The molecule has 4 nitrogen and oxygen atoms in total. The van der Waals surface area contributed by atoms with Crippen LogP contribution in [0, 0.1) is 0 Å². The molecular weight excluding hydrogens is 212 g/mol. The van der Waals surface area contributed by atoms with Crippen LogP contribution in [0.15, 0.2) is 6.20 Å². The van der Waals surface area contributed by atoms with Gasteiger partial charge in [0.05, 0.1) is 11.9 Å². The Kier molecular flexibility index (Phi) is 8.55. The molecule has 0 aliphatic rings. The molecule has 0 saturated carbocycles. The third-order valence-corrected chi connectivity index (χ3v) is 2.98. The second-order valence-electron chi connectivity index (χ2n) is 4.61. The minimum atomic E-state index is 0.826. The normalized spacial score (nSPS) is 10.9. The molecule has 0 spiro atoms. The standard InChI is InChI=1S/C13H26N4/c1-2-3-4-5-6-7-8-9-10-14-11-13-12-15-17-16-13/h12,14H,2-11H2,1H3,(H,15,16,17). The summed E-state index contributed by atoms with van der Waals surface area (Å²) in [5, 5.41) is 13.8. The largest absolute Gasteiger partial charge is 0.311 e. The van der Waals surface area contributed by atoms with Crippen molar-refractivity contribution in [1.82, 2.24) is 20.7 Å². The number of rotatable bonds is 11. The van der Waals surface area contributed by atoms with Gasteiger partial charge in [-0.05, 0) is 13.0 Å². The van der Waals surface area contributed by atoms with Crippen LogP contribution in [-0.4, -0.2) is 22.0 Å². The highest BCUT2D eigenvalue weighted by molar-refractivity contribution is 4.88. The van der Waals surface area contributed by atoms with Crippen LogP contribution in [-0.2, 0) is 6.54 Å². The SMILES string of the molecule is CCCCCCCCCCNCc1cn[nH]n1. The fourth-order valence-corrected chi connectivity index (χ4v) is 1.91. The second kappa shape index (κ2) is 10.3. The first-order valence-electron chi connectivity index (χ1n) is 6.99. The van der Waals surface area contributed by atoms with Crippen LogP contribution < -0.4 is 5.32 Å². The van der Waals surface area contributed by atoms with Gasteiger partial charge in [-0.25, -0.2) is 0 Å². The number of H-pyrrole nitrogens is 1. The molecule has 0 amide bonds. The zero-order valence-corrected chi connectivity index (χ0v) is 11.0. The van der Waals surface area contributed by atoms with Crippen molar-refractivity contribution in [3.63, 3.8) is 0 Å². The summed E-state index contributed by atoms with van der Waals surface area (Å²) >= 11 is 0. The van der Waals surface area contributed by atoms with E-state index < -0.39 is 0 Å².